The zero-order valence-corrected chi connectivity index (χ0v) is 14.7. The van der Waals surface area contributed by atoms with Gasteiger partial charge in [-0.1, -0.05) is 0 Å². The molecule has 0 amide bonds. The molecule has 1 rings (SSSR count). The summed E-state index contributed by atoms with van der Waals surface area (Å²) in [6.07, 6.45) is -10.2. The molecule has 0 saturated carbocycles. The van der Waals surface area contributed by atoms with E-state index in [0.717, 1.165) is 27.7 Å². The zero-order valence-electron chi connectivity index (χ0n) is 14.7. The highest BCUT2D eigenvalue weighted by Crippen LogP contribution is 2.30. The molecule has 1 aliphatic heterocycles. The average Bonchev–Trinajstić information content (AvgIpc) is 2.49. The maximum absolute atomic E-state index is 14.5. The molecule has 11 heteroatoms. The molecule has 26 heavy (non-hydrogen) atoms. The topological polar surface area (TPSA) is 135 Å². The first-order valence-corrected chi connectivity index (χ1v) is 7.65. The molecule has 6 atom stereocenters. The van der Waals surface area contributed by atoms with Crippen LogP contribution in [0.2, 0.25) is 0 Å². The van der Waals surface area contributed by atoms with Crippen molar-refractivity contribution in [2.75, 3.05) is 6.61 Å². The van der Waals surface area contributed by atoms with Crippen molar-refractivity contribution in [1.82, 2.24) is 0 Å². The van der Waals surface area contributed by atoms with Crippen LogP contribution in [0.4, 0.5) is 4.39 Å². The molecular weight excluding hydrogens is 359 g/mol. The van der Waals surface area contributed by atoms with Crippen LogP contribution >= 0.6 is 0 Å². The number of hydrogen-bond acceptors (Lipinski definition) is 10. The number of rotatable bonds is 6. The van der Waals surface area contributed by atoms with Gasteiger partial charge in [-0.15, -0.1) is 0 Å². The Bertz CT molecular complexity index is 551. The number of halogens is 1. The van der Waals surface area contributed by atoms with Crippen molar-refractivity contribution >= 4 is 23.9 Å². The molecular formula is C15H21FO10. The van der Waals surface area contributed by atoms with E-state index >= 15 is 0 Å². The summed E-state index contributed by atoms with van der Waals surface area (Å²) < 4.78 is 38.9. The lowest BCUT2D eigenvalue weighted by atomic mass is 9.95. The lowest BCUT2D eigenvalue weighted by Gasteiger charge is -2.43. The van der Waals surface area contributed by atoms with Gasteiger partial charge in [-0.05, 0) is 0 Å². The van der Waals surface area contributed by atoms with Crippen LogP contribution in [-0.2, 0) is 42.9 Å². The number of alkyl halides is 1. The van der Waals surface area contributed by atoms with Crippen molar-refractivity contribution in [2.45, 2.75) is 64.6 Å². The zero-order chi connectivity index (χ0) is 20.0. The maximum atomic E-state index is 14.5. The van der Waals surface area contributed by atoms with Gasteiger partial charge in [-0.2, -0.15) is 0 Å². The predicted molar refractivity (Wildman–Crippen MR) is 79.1 cm³/mol. The Labute approximate surface area is 148 Å². The molecule has 1 aliphatic rings. The second kappa shape index (κ2) is 9.43. The Morgan fingerprint density at radius 3 is 1.81 bits per heavy atom. The SMILES string of the molecule is CC(=O)OC[C@H](F)[C@H]1OC(O)[C@@H](OC(C)=O)[C@@H](OC(C)=O)[C@@H]1OC(C)=O. The quantitative estimate of drug-likeness (QED) is 0.470. The van der Waals surface area contributed by atoms with Gasteiger partial charge in [0.25, 0.3) is 0 Å². The van der Waals surface area contributed by atoms with Crippen LogP contribution < -0.4 is 0 Å². The second-order valence-corrected chi connectivity index (χ2v) is 5.53. The number of aliphatic hydroxyl groups is 1. The Balaban J connectivity index is 3.16. The monoisotopic (exact) mass is 380 g/mol. The van der Waals surface area contributed by atoms with E-state index in [1.165, 1.54) is 0 Å². The third-order valence-corrected chi connectivity index (χ3v) is 3.26. The predicted octanol–water partition coefficient (Wildman–Crippen LogP) is -0.600. The summed E-state index contributed by atoms with van der Waals surface area (Å²) in [5.41, 5.74) is 0. The van der Waals surface area contributed by atoms with Gasteiger partial charge < -0.3 is 28.8 Å². The summed E-state index contributed by atoms with van der Waals surface area (Å²) in [4.78, 5) is 44.9. The third kappa shape index (κ3) is 6.23. The van der Waals surface area contributed by atoms with E-state index in [2.05, 4.69) is 4.74 Å². The van der Waals surface area contributed by atoms with Gasteiger partial charge in [-0.3, -0.25) is 19.2 Å². The smallest absolute Gasteiger partial charge is 0.303 e. The largest absolute Gasteiger partial charge is 0.463 e. The minimum absolute atomic E-state index is 0.754. The summed E-state index contributed by atoms with van der Waals surface area (Å²) in [6, 6.07) is 0. The molecule has 0 bridgehead atoms. The van der Waals surface area contributed by atoms with Crippen LogP contribution in [0.3, 0.4) is 0 Å². The van der Waals surface area contributed by atoms with Gasteiger partial charge >= 0.3 is 23.9 Å². The van der Waals surface area contributed by atoms with E-state index in [1.54, 1.807) is 0 Å². The van der Waals surface area contributed by atoms with Gasteiger partial charge in [0, 0.05) is 27.7 Å². The van der Waals surface area contributed by atoms with E-state index < -0.39 is 67.4 Å². The first-order valence-electron chi connectivity index (χ1n) is 7.65. The molecule has 0 aliphatic carbocycles. The molecule has 0 aromatic heterocycles. The minimum atomic E-state index is -2.03. The van der Waals surface area contributed by atoms with Crippen LogP contribution in [0.15, 0.2) is 0 Å². The Hall–Kier alpha value is -2.27. The molecule has 1 saturated heterocycles. The minimum Gasteiger partial charge on any atom is -0.463 e. The number of aliphatic hydroxyl groups excluding tert-OH is 1. The maximum Gasteiger partial charge on any atom is 0.303 e. The van der Waals surface area contributed by atoms with Crippen molar-refractivity contribution in [3.05, 3.63) is 0 Å². The van der Waals surface area contributed by atoms with Gasteiger partial charge in [-0.25, -0.2) is 4.39 Å². The molecule has 1 fully saturated rings. The van der Waals surface area contributed by atoms with Crippen molar-refractivity contribution in [3.63, 3.8) is 0 Å². The van der Waals surface area contributed by atoms with Gasteiger partial charge in [0.2, 0.25) is 0 Å². The number of carbonyl (C=O) groups is 4. The highest BCUT2D eigenvalue weighted by molar-refractivity contribution is 5.68. The summed E-state index contributed by atoms with van der Waals surface area (Å²) in [5.74, 6) is -3.32. The molecule has 0 spiro atoms. The first kappa shape index (κ1) is 21.8. The van der Waals surface area contributed by atoms with Crippen LogP contribution in [0.1, 0.15) is 27.7 Å². The van der Waals surface area contributed by atoms with Crippen LogP contribution in [0, 0.1) is 0 Å². The van der Waals surface area contributed by atoms with Crippen molar-refractivity contribution in [1.29, 1.82) is 0 Å². The van der Waals surface area contributed by atoms with Gasteiger partial charge in [0.05, 0.1) is 0 Å². The van der Waals surface area contributed by atoms with E-state index in [4.69, 9.17) is 18.9 Å². The van der Waals surface area contributed by atoms with Gasteiger partial charge in [0.15, 0.2) is 30.8 Å². The fraction of sp³-hybridized carbons (Fsp3) is 0.733. The molecule has 0 radical (unpaired) electrons. The number of ether oxygens (including phenoxy) is 5. The highest BCUT2D eigenvalue weighted by atomic mass is 19.1. The van der Waals surface area contributed by atoms with E-state index in [1.807, 2.05) is 0 Å². The number of carbonyl (C=O) groups excluding carboxylic acids is 4. The first-order chi connectivity index (χ1) is 12.0. The summed E-state index contributed by atoms with van der Waals surface area (Å²) in [7, 11) is 0. The van der Waals surface area contributed by atoms with E-state index in [0.29, 0.717) is 0 Å². The molecule has 0 aromatic carbocycles. The molecule has 0 aromatic rings. The molecule has 1 heterocycles. The van der Waals surface area contributed by atoms with E-state index in [-0.39, 0.29) is 0 Å². The second-order valence-electron chi connectivity index (χ2n) is 5.53. The Morgan fingerprint density at radius 2 is 1.35 bits per heavy atom. The standard InChI is InChI=1S/C15H21FO10/c1-6(17)22-5-10(16)11-12(23-7(2)18)13(24-8(3)19)14(15(21)26-11)25-9(4)20/h10-15,21H,5H2,1-4H3/t10-,11+,12+,13-,14-,15?/m0/s1. The Kier molecular flexibility index (Phi) is 7.90. The molecule has 148 valence electrons. The summed E-state index contributed by atoms with van der Waals surface area (Å²) in [6.45, 7) is 3.38. The van der Waals surface area contributed by atoms with Crippen molar-refractivity contribution < 1.29 is 52.4 Å². The number of esters is 4. The van der Waals surface area contributed by atoms with E-state index in [9.17, 15) is 28.7 Å². The lowest BCUT2D eigenvalue weighted by molar-refractivity contribution is -0.301. The average molecular weight is 380 g/mol. The summed E-state index contributed by atoms with van der Waals surface area (Å²) >= 11 is 0. The third-order valence-electron chi connectivity index (χ3n) is 3.26. The fourth-order valence-corrected chi connectivity index (χ4v) is 2.40. The Morgan fingerprint density at radius 1 is 0.885 bits per heavy atom. The van der Waals surface area contributed by atoms with Crippen LogP contribution in [0.5, 0.6) is 0 Å². The molecule has 1 N–H and O–H groups in total. The van der Waals surface area contributed by atoms with Crippen LogP contribution in [-0.4, -0.2) is 72.5 Å². The molecule has 1 unspecified atom stereocenters. The van der Waals surface area contributed by atoms with Crippen molar-refractivity contribution in [2.24, 2.45) is 0 Å². The lowest BCUT2D eigenvalue weighted by Crippen LogP contribution is -2.63. The summed E-state index contributed by atoms with van der Waals surface area (Å²) in [5, 5.41) is 10.0. The highest BCUT2D eigenvalue weighted by Gasteiger charge is 2.54. The fourth-order valence-electron chi connectivity index (χ4n) is 2.40. The normalized spacial score (nSPS) is 29.2. The molecule has 10 nitrogen and oxygen atoms in total. The van der Waals surface area contributed by atoms with Crippen molar-refractivity contribution in [3.8, 4) is 0 Å². The van der Waals surface area contributed by atoms with Crippen LogP contribution in [0.25, 0.3) is 0 Å². The number of hydrogen-bond donors (Lipinski definition) is 1. The van der Waals surface area contributed by atoms with Gasteiger partial charge in [0.1, 0.15) is 12.7 Å².